The second kappa shape index (κ2) is 6.64. The van der Waals surface area contributed by atoms with Crippen molar-refractivity contribution in [3.05, 3.63) is 71.6 Å². The molecule has 0 aliphatic heterocycles. The molecule has 0 radical (unpaired) electrons. The SMILES string of the molecule is Cc1nc2ccc(NC(=O)c3cn(C(C)c4ccc(F)cc4)nn3)cc2[nH]1. The third kappa shape index (κ3) is 3.41. The van der Waals surface area contributed by atoms with Crippen molar-refractivity contribution in [3.8, 4) is 0 Å². The predicted molar refractivity (Wildman–Crippen MR) is 99.0 cm³/mol. The number of aryl methyl sites for hydroxylation is 1. The number of hydrogen-bond donors (Lipinski definition) is 2. The number of nitrogens with zero attached hydrogens (tertiary/aromatic N) is 4. The van der Waals surface area contributed by atoms with Gasteiger partial charge in [-0.1, -0.05) is 17.3 Å². The van der Waals surface area contributed by atoms with E-state index in [1.165, 1.54) is 12.1 Å². The highest BCUT2D eigenvalue weighted by molar-refractivity contribution is 6.03. The van der Waals surface area contributed by atoms with Crippen molar-refractivity contribution in [2.75, 3.05) is 5.32 Å². The molecule has 2 N–H and O–H groups in total. The van der Waals surface area contributed by atoms with Gasteiger partial charge in [0.1, 0.15) is 11.6 Å². The Morgan fingerprint density at radius 1 is 1.22 bits per heavy atom. The van der Waals surface area contributed by atoms with Crippen LogP contribution in [-0.2, 0) is 0 Å². The Kier molecular flexibility index (Phi) is 4.15. The van der Waals surface area contributed by atoms with E-state index in [1.54, 1.807) is 29.1 Å². The highest BCUT2D eigenvalue weighted by atomic mass is 19.1. The lowest BCUT2D eigenvalue weighted by Gasteiger charge is -2.11. The summed E-state index contributed by atoms with van der Waals surface area (Å²) in [6.07, 6.45) is 1.57. The standard InChI is InChI=1S/C19H17FN6O/c1-11(13-3-5-14(20)6-4-13)26-10-18(24-25-26)19(27)23-15-7-8-16-17(9-15)22-12(2)21-16/h3-11H,1-2H3,(H,21,22)(H,23,27). The van der Waals surface area contributed by atoms with Crippen molar-refractivity contribution in [1.82, 2.24) is 25.0 Å². The first-order valence-electron chi connectivity index (χ1n) is 8.44. The Balaban J connectivity index is 1.51. The number of carbonyl (C=O) groups excluding carboxylic acids is 1. The molecule has 0 aliphatic rings. The first kappa shape index (κ1) is 16.9. The molecule has 27 heavy (non-hydrogen) atoms. The van der Waals surface area contributed by atoms with Gasteiger partial charge in [-0.05, 0) is 49.7 Å². The first-order valence-corrected chi connectivity index (χ1v) is 8.44. The number of aromatic nitrogens is 5. The molecule has 0 saturated heterocycles. The van der Waals surface area contributed by atoms with Gasteiger partial charge in [-0.25, -0.2) is 14.1 Å². The summed E-state index contributed by atoms with van der Waals surface area (Å²) in [5.41, 5.74) is 3.39. The van der Waals surface area contributed by atoms with Crippen LogP contribution in [0.25, 0.3) is 11.0 Å². The monoisotopic (exact) mass is 364 g/mol. The maximum absolute atomic E-state index is 13.1. The Morgan fingerprint density at radius 3 is 2.78 bits per heavy atom. The summed E-state index contributed by atoms with van der Waals surface area (Å²) >= 11 is 0. The van der Waals surface area contributed by atoms with E-state index in [4.69, 9.17) is 0 Å². The molecule has 0 spiro atoms. The van der Waals surface area contributed by atoms with Crippen LogP contribution in [0.15, 0.2) is 48.7 Å². The van der Waals surface area contributed by atoms with Gasteiger partial charge >= 0.3 is 0 Å². The van der Waals surface area contributed by atoms with Crippen LogP contribution in [0.1, 0.15) is 34.8 Å². The summed E-state index contributed by atoms with van der Waals surface area (Å²) in [6, 6.07) is 11.4. The highest BCUT2D eigenvalue weighted by Crippen LogP contribution is 2.19. The van der Waals surface area contributed by atoms with Gasteiger partial charge in [-0.3, -0.25) is 4.79 Å². The fourth-order valence-corrected chi connectivity index (χ4v) is 2.87. The summed E-state index contributed by atoms with van der Waals surface area (Å²) in [4.78, 5) is 19.9. The van der Waals surface area contributed by atoms with Gasteiger partial charge in [0.25, 0.3) is 5.91 Å². The molecule has 136 valence electrons. The smallest absolute Gasteiger partial charge is 0.277 e. The van der Waals surface area contributed by atoms with Crippen molar-refractivity contribution in [1.29, 1.82) is 0 Å². The van der Waals surface area contributed by atoms with E-state index in [9.17, 15) is 9.18 Å². The Bertz CT molecular complexity index is 1110. The lowest BCUT2D eigenvalue weighted by atomic mass is 10.1. The number of amides is 1. The number of imidazole rings is 1. The predicted octanol–water partition coefficient (Wildman–Crippen LogP) is 3.46. The molecule has 7 nitrogen and oxygen atoms in total. The molecular formula is C19H17FN6O. The minimum atomic E-state index is -0.358. The van der Waals surface area contributed by atoms with E-state index in [0.29, 0.717) is 5.69 Å². The zero-order valence-electron chi connectivity index (χ0n) is 14.8. The number of hydrogen-bond acceptors (Lipinski definition) is 4. The van der Waals surface area contributed by atoms with E-state index in [1.807, 2.05) is 26.0 Å². The van der Waals surface area contributed by atoms with E-state index >= 15 is 0 Å². The summed E-state index contributed by atoms with van der Waals surface area (Å²) in [6.45, 7) is 3.77. The van der Waals surface area contributed by atoms with Gasteiger partial charge in [0, 0.05) is 5.69 Å². The van der Waals surface area contributed by atoms with E-state index in [-0.39, 0.29) is 23.5 Å². The Labute approximate surface area is 154 Å². The minimum absolute atomic E-state index is 0.177. The summed E-state index contributed by atoms with van der Waals surface area (Å²) in [7, 11) is 0. The van der Waals surface area contributed by atoms with Gasteiger partial charge in [-0.2, -0.15) is 0 Å². The second-order valence-corrected chi connectivity index (χ2v) is 6.32. The van der Waals surface area contributed by atoms with Gasteiger partial charge < -0.3 is 10.3 Å². The third-order valence-corrected chi connectivity index (χ3v) is 4.35. The van der Waals surface area contributed by atoms with Gasteiger partial charge in [0.15, 0.2) is 5.69 Å². The van der Waals surface area contributed by atoms with Crippen molar-refractivity contribution >= 4 is 22.6 Å². The van der Waals surface area contributed by atoms with Gasteiger partial charge in [-0.15, -0.1) is 5.10 Å². The number of benzene rings is 2. The average molecular weight is 364 g/mol. The van der Waals surface area contributed by atoms with E-state index in [0.717, 1.165) is 22.4 Å². The molecule has 2 aromatic carbocycles. The number of H-pyrrole nitrogens is 1. The fraction of sp³-hybridized carbons (Fsp3) is 0.158. The number of halogens is 1. The lowest BCUT2D eigenvalue weighted by Crippen LogP contribution is -2.12. The normalized spacial score (nSPS) is 12.3. The van der Waals surface area contributed by atoms with Crippen LogP contribution >= 0.6 is 0 Å². The molecule has 1 unspecified atom stereocenters. The van der Waals surface area contributed by atoms with Gasteiger partial charge in [0.2, 0.25) is 0 Å². The molecule has 2 heterocycles. The van der Waals surface area contributed by atoms with Crippen LogP contribution in [0, 0.1) is 12.7 Å². The maximum atomic E-state index is 13.1. The molecule has 4 aromatic rings. The van der Waals surface area contributed by atoms with Crippen LogP contribution < -0.4 is 5.32 Å². The first-order chi connectivity index (χ1) is 13.0. The number of carbonyl (C=O) groups is 1. The highest BCUT2D eigenvalue weighted by Gasteiger charge is 2.15. The molecule has 0 bridgehead atoms. The number of aromatic amines is 1. The quantitative estimate of drug-likeness (QED) is 0.580. The van der Waals surface area contributed by atoms with Crippen LogP contribution in [0.5, 0.6) is 0 Å². The number of rotatable bonds is 4. The second-order valence-electron chi connectivity index (χ2n) is 6.32. The molecule has 4 rings (SSSR count). The third-order valence-electron chi connectivity index (χ3n) is 4.35. The average Bonchev–Trinajstić information content (AvgIpc) is 3.27. The molecule has 1 atom stereocenters. The molecule has 0 fully saturated rings. The number of nitrogens with one attached hydrogen (secondary N) is 2. The minimum Gasteiger partial charge on any atom is -0.342 e. The Morgan fingerprint density at radius 2 is 2.00 bits per heavy atom. The maximum Gasteiger partial charge on any atom is 0.277 e. The molecule has 8 heteroatoms. The zero-order chi connectivity index (χ0) is 19.0. The van der Waals surface area contributed by atoms with Crippen LogP contribution in [0.3, 0.4) is 0 Å². The van der Waals surface area contributed by atoms with Crippen LogP contribution in [-0.4, -0.2) is 30.9 Å². The topological polar surface area (TPSA) is 88.5 Å². The summed E-state index contributed by atoms with van der Waals surface area (Å²) in [5.74, 6) is 0.156. The molecule has 2 aromatic heterocycles. The van der Waals surface area contributed by atoms with Crippen molar-refractivity contribution in [3.63, 3.8) is 0 Å². The molecule has 0 aliphatic carbocycles. The summed E-state index contributed by atoms with van der Waals surface area (Å²) < 4.78 is 14.6. The zero-order valence-corrected chi connectivity index (χ0v) is 14.8. The van der Waals surface area contributed by atoms with E-state index < -0.39 is 0 Å². The molecule has 0 saturated carbocycles. The van der Waals surface area contributed by atoms with Crippen LogP contribution in [0.2, 0.25) is 0 Å². The Hall–Kier alpha value is -3.55. The van der Waals surface area contributed by atoms with Crippen molar-refractivity contribution in [2.45, 2.75) is 19.9 Å². The van der Waals surface area contributed by atoms with Gasteiger partial charge in [0.05, 0.1) is 23.3 Å². The summed E-state index contributed by atoms with van der Waals surface area (Å²) in [5, 5.41) is 10.8. The lowest BCUT2D eigenvalue weighted by molar-refractivity contribution is 0.102. The molecule has 1 amide bonds. The molecular weight excluding hydrogens is 347 g/mol. The van der Waals surface area contributed by atoms with Crippen molar-refractivity contribution in [2.24, 2.45) is 0 Å². The number of anilines is 1. The van der Waals surface area contributed by atoms with Crippen molar-refractivity contribution < 1.29 is 9.18 Å². The van der Waals surface area contributed by atoms with E-state index in [2.05, 4.69) is 25.6 Å². The largest absolute Gasteiger partial charge is 0.342 e. The van der Waals surface area contributed by atoms with Crippen LogP contribution in [0.4, 0.5) is 10.1 Å². The fourth-order valence-electron chi connectivity index (χ4n) is 2.87. The number of fused-ring (bicyclic) bond motifs is 1.